The summed E-state index contributed by atoms with van der Waals surface area (Å²) in [7, 11) is 1.65. The Labute approximate surface area is 124 Å². The fraction of sp³-hybridized carbons (Fsp3) is 0.467. The van der Waals surface area contributed by atoms with Gasteiger partial charge in [0.2, 0.25) is 0 Å². The number of methoxy groups -OCH3 is 1. The molecule has 0 spiro atoms. The molecule has 0 bridgehead atoms. The highest BCUT2D eigenvalue weighted by atomic mass is 16.5. The van der Waals surface area contributed by atoms with E-state index < -0.39 is 0 Å². The predicted octanol–water partition coefficient (Wildman–Crippen LogP) is 2.21. The lowest BCUT2D eigenvalue weighted by Crippen LogP contribution is -2.25. The smallest absolute Gasteiger partial charge is 0.118 e. The van der Waals surface area contributed by atoms with Gasteiger partial charge in [0.25, 0.3) is 0 Å². The summed E-state index contributed by atoms with van der Waals surface area (Å²) in [5.74, 6) is 3.28. The van der Waals surface area contributed by atoms with Crippen molar-refractivity contribution in [3.8, 4) is 18.1 Å². The summed E-state index contributed by atoms with van der Waals surface area (Å²) >= 11 is 0. The van der Waals surface area contributed by atoms with Crippen molar-refractivity contribution in [2.45, 2.75) is 18.7 Å². The minimum Gasteiger partial charge on any atom is -0.497 e. The summed E-state index contributed by atoms with van der Waals surface area (Å²) in [5.41, 5.74) is 9.81. The minimum atomic E-state index is -0.193. The van der Waals surface area contributed by atoms with Crippen LogP contribution in [0.5, 0.6) is 5.75 Å². The number of terminal acetylenes is 1. The van der Waals surface area contributed by atoms with Crippen LogP contribution in [0, 0.1) is 12.3 Å². The number of rotatable bonds is 6. The molecule has 0 radical (unpaired) electrons. The minimum absolute atomic E-state index is 0.143. The monoisotopic (exact) mass is 286 g/mol. The first-order chi connectivity index (χ1) is 10.3. The van der Waals surface area contributed by atoms with Crippen molar-refractivity contribution in [3.63, 3.8) is 0 Å². The van der Waals surface area contributed by atoms with Crippen molar-refractivity contribution >= 4 is 0 Å². The lowest BCUT2D eigenvalue weighted by molar-refractivity contribution is 0.0743. The van der Waals surface area contributed by atoms with Crippen LogP contribution in [0.3, 0.4) is 0 Å². The van der Waals surface area contributed by atoms with Crippen LogP contribution in [0.25, 0.3) is 10.4 Å². The Kier molecular flexibility index (Phi) is 5.47. The number of benzene rings is 1. The van der Waals surface area contributed by atoms with Gasteiger partial charge in [0.15, 0.2) is 0 Å². The van der Waals surface area contributed by atoms with Gasteiger partial charge in [0.05, 0.1) is 19.3 Å². The maximum Gasteiger partial charge on any atom is 0.118 e. The molecule has 1 fully saturated rings. The first-order valence-corrected chi connectivity index (χ1v) is 6.71. The van der Waals surface area contributed by atoms with E-state index in [1.54, 1.807) is 7.11 Å². The maximum absolute atomic E-state index is 8.63. The van der Waals surface area contributed by atoms with Crippen LogP contribution in [0.2, 0.25) is 0 Å². The number of ether oxygens (including phenoxy) is 2. The van der Waals surface area contributed by atoms with Gasteiger partial charge in [-0.25, -0.2) is 0 Å². The molecule has 0 unspecified atom stereocenters. The van der Waals surface area contributed by atoms with E-state index in [1.165, 1.54) is 5.56 Å². The van der Waals surface area contributed by atoms with Gasteiger partial charge in [0, 0.05) is 24.5 Å². The summed E-state index contributed by atoms with van der Waals surface area (Å²) in [6.45, 7) is 2.39. The fourth-order valence-corrected chi connectivity index (χ4v) is 2.45. The normalized spacial score (nSPS) is 21.5. The van der Waals surface area contributed by atoms with Crippen molar-refractivity contribution < 1.29 is 9.47 Å². The van der Waals surface area contributed by atoms with Crippen LogP contribution < -0.4 is 4.74 Å². The van der Waals surface area contributed by atoms with Crippen LogP contribution in [-0.4, -0.2) is 43.9 Å². The Morgan fingerprint density at radius 2 is 2.19 bits per heavy atom. The summed E-state index contributed by atoms with van der Waals surface area (Å²) in [4.78, 5) is 5.09. The van der Waals surface area contributed by atoms with Crippen molar-refractivity contribution in [1.82, 2.24) is 4.90 Å². The van der Waals surface area contributed by atoms with Crippen LogP contribution in [-0.2, 0) is 11.3 Å². The Morgan fingerprint density at radius 1 is 1.43 bits per heavy atom. The molecule has 1 aliphatic heterocycles. The molecule has 0 N–H and O–H groups in total. The molecular formula is C15H18N4O2. The molecule has 1 aromatic carbocycles. The van der Waals surface area contributed by atoms with E-state index in [-0.39, 0.29) is 18.8 Å². The third kappa shape index (κ3) is 4.14. The Bertz CT molecular complexity index is 546. The van der Waals surface area contributed by atoms with Crippen molar-refractivity contribution in [2.75, 3.05) is 26.8 Å². The summed E-state index contributed by atoms with van der Waals surface area (Å²) in [5, 5.41) is 3.80. The third-order valence-electron chi connectivity index (χ3n) is 3.46. The average Bonchev–Trinajstić information content (AvgIpc) is 2.88. The van der Waals surface area contributed by atoms with Crippen molar-refractivity contribution in [3.05, 3.63) is 40.3 Å². The summed E-state index contributed by atoms with van der Waals surface area (Å²) in [6.07, 6.45) is 5.06. The molecule has 0 amide bonds. The summed E-state index contributed by atoms with van der Waals surface area (Å²) in [6, 6.07) is 7.72. The second-order valence-electron chi connectivity index (χ2n) is 4.87. The molecular weight excluding hydrogens is 268 g/mol. The highest BCUT2D eigenvalue weighted by molar-refractivity contribution is 5.27. The fourth-order valence-electron chi connectivity index (χ4n) is 2.45. The number of likely N-dealkylation sites (tertiary alicyclic amines) is 1. The van der Waals surface area contributed by atoms with E-state index >= 15 is 0 Å². The maximum atomic E-state index is 8.63. The molecule has 1 aromatic rings. The van der Waals surface area contributed by atoms with Gasteiger partial charge in [-0.15, -0.1) is 6.42 Å². The molecule has 6 heteroatoms. The average molecular weight is 286 g/mol. The van der Waals surface area contributed by atoms with Gasteiger partial charge in [-0.2, -0.15) is 0 Å². The zero-order chi connectivity index (χ0) is 15.1. The molecule has 1 saturated heterocycles. The topological polar surface area (TPSA) is 70.5 Å². The molecule has 0 aromatic heterocycles. The molecule has 6 nitrogen and oxygen atoms in total. The molecule has 0 saturated carbocycles. The highest BCUT2D eigenvalue weighted by Gasteiger charge is 2.32. The Balaban J connectivity index is 1.97. The second-order valence-corrected chi connectivity index (χ2v) is 4.87. The van der Waals surface area contributed by atoms with Gasteiger partial charge in [-0.1, -0.05) is 23.2 Å². The second kappa shape index (κ2) is 7.55. The lowest BCUT2D eigenvalue weighted by atomic mass is 10.2. The molecule has 1 aliphatic rings. The standard InChI is InChI=1S/C15H18N4O2/c1-3-8-21-15-11-19(10-14(15)17-18-16)9-12-4-6-13(20-2)7-5-12/h1,4-7,14-15H,8-11H2,2H3/t14-,15-/m1/s1. The quantitative estimate of drug-likeness (QED) is 0.348. The van der Waals surface area contributed by atoms with Crippen molar-refractivity contribution in [1.29, 1.82) is 0 Å². The van der Waals surface area contributed by atoms with Gasteiger partial charge in [0.1, 0.15) is 12.4 Å². The van der Waals surface area contributed by atoms with E-state index in [1.807, 2.05) is 24.3 Å². The van der Waals surface area contributed by atoms with E-state index in [9.17, 15) is 0 Å². The largest absolute Gasteiger partial charge is 0.497 e. The Hall–Kier alpha value is -2.19. The lowest BCUT2D eigenvalue weighted by Gasteiger charge is -2.16. The van der Waals surface area contributed by atoms with Gasteiger partial charge < -0.3 is 9.47 Å². The zero-order valence-corrected chi connectivity index (χ0v) is 12.0. The predicted molar refractivity (Wildman–Crippen MR) is 79.8 cm³/mol. The van der Waals surface area contributed by atoms with E-state index in [0.29, 0.717) is 13.1 Å². The number of hydrogen-bond acceptors (Lipinski definition) is 4. The summed E-state index contributed by atoms with van der Waals surface area (Å²) < 4.78 is 10.7. The van der Waals surface area contributed by atoms with Crippen LogP contribution in [0.1, 0.15) is 5.56 Å². The first kappa shape index (κ1) is 15.2. The van der Waals surface area contributed by atoms with Crippen LogP contribution in [0.4, 0.5) is 0 Å². The highest BCUT2D eigenvalue weighted by Crippen LogP contribution is 2.20. The number of hydrogen-bond donors (Lipinski definition) is 0. The SMILES string of the molecule is C#CCO[C@@H]1CN(Cc2ccc(OC)cc2)C[C@H]1N=[N+]=[N-]. The number of azide groups is 1. The van der Waals surface area contributed by atoms with Crippen LogP contribution in [0.15, 0.2) is 29.4 Å². The molecule has 1 heterocycles. The van der Waals surface area contributed by atoms with Gasteiger partial charge >= 0.3 is 0 Å². The molecule has 21 heavy (non-hydrogen) atoms. The van der Waals surface area contributed by atoms with Gasteiger partial charge in [-0.3, -0.25) is 4.90 Å². The van der Waals surface area contributed by atoms with Crippen LogP contribution >= 0.6 is 0 Å². The first-order valence-electron chi connectivity index (χ1n) is 6.71. The molecule has 110 valence electrons. The molecule has 0 aliphatic carbocycles. The molecule has 2 atom stereocenters. The molecule has 2 rings (SSSR count). The number of nitrogens with zero attached hydrogens (tertiary/aromatic N) is 4. The van der Waals surface area contributed by atoms with Gasteiger partial charge in [-0.05, 0) is 23.2 Å². The Morgan fingerprint density at radius 3 is 2.81 bits per heavy atom. The third-order valence-corrected chi connectivity index (χ3v) is 3.46. The zero-order valence-electron chi connectivity index (χ0n) is 12.0. The van der Waals surface area contributed by atoms with Crippen molar-refractivity contribution in [2.24, 2.45) is 5.11 Å². The van der Waals surface area contributed by atoms with E-state index in [4.69, 9.17) is 21.4 Å². The van der Waals surface area contributed by atoms with E-state index in [0.717, 1.165) is 12.3 Å². The van der Waals surface area contributed by atoms with E-state index in [2.05, 4.69) is 20.8 Å².